The van der Waals surface area contributed by atoms with Crippen molar-refractivity contribution in [1.82, 2.24) is 0 Å². The third kappa shape index (κ3) is 4.64. The van der Waals surface area contributed by atoms with Crippen LogP contribution in [0.15, 0.2) is 48.8 Å². The molecule has 25 heavy (non-hydrogen) atoms. The fourth-order valence-electron chi connectivity index (χ4n) is 2.55. The molecule has 0 radical (unpaired) electrons. The molecule has 9 heteroatoms. The highest BCUT2D eigenvalue weighted by Gasteiger charge is 2.60. The van der Waals surface area contributed by atoms with Crippen LogP contribution in [0, 0.1) is 6.92 Å². The smallest absolute Gasteiger partial charge is 0.365 e. The molecular formula is C16H22NO6P2+. The summed E-state index contributed by atoms with van der Waals surface area (Å²) in [6.07, 6.45) is 3.66. The Morgan fingerprint density at radius 1 is 1.08 bits per heavy atom. The largest absolute Gasteiger partial charge is 0.373 e. The number of aromatic nitrogens is 1. The molecule has 0 fully saturated rings. The Labute approximate surface area is 146 Å². The molecule has 2 aromatic rings. The molecule has 0 saturated heterocycles. The lowest BCUT2D eigenvalue weighted by molar-refractivity contribution is -0.703. The van der Waals surface area contributed by atoms with Gasteiger partial charge in [0.05, 0.1) is 0 Å². The average molecular weight is 386 g/mol. The second-order valence-corrected chi connectivity index (χ2v) is 10.9. The first-order chi connectivity index (χ1) is 11.4. The van der Waals surface area contributed by atoms with Crippen LogP contribution >= 0.6 is 15.0 Å². The summed E-state index contributed by atoms with van der Waals surface area (Å²) in [5.41, 5.74) is 3.01. The summed E-state index contributed by atoms with van der Waals surface area (Å²) in [7, 11) is -9.73. The van der Waals surface area contributed by atoms with Crippen molar-refractivity contribution in [1.29, 1.82) is 0 Å². The van der Waals surface area contributed by atoms with E-state index >= 15 is 0 Å². The van der Waals surface area contributed by atoms with Gasteiger partial charge in [-0.3, -0.25) is 9.13 Å². The zero-order chi connectivity index (χ0) is 18.9. The van der Waals surface area contributed by atoms with Crippen LogP contribution in [0.5, 0.6) is 0 Å². The molecule has 2 rings (SSSR count). The van der Waals surface area contributed by atoms with Gasteiger partial charge in [0.25, 0.3) is 0 Å². The summed E-state index contributed by atoms with van der Waals surface area (Å²) >= 11 is 0. The lowest BCUT2D eigenvalue weighted by atomic mass is 10.0. The Balaban J connectivity index is 2.32. The van der Waals surface area contributed by atoms with Crippen LogP contribution < -0.4 is 4.57 Å². The van der Waals surface area contributed by atoms with Gasteiger partial charge in [-0.05, 0) is 18.6 Å². The molecule has 1 aromatic heterocycles. The van der Waals surface area contributed by atoms with Crippen molar-refractivity contribution in [3.8, 4) is 0 Å². The highest BCUT2D eigenvalue weighted by molar-refractivity contribution is 7.74. The Bertz CT molecular complexity index is 835. The topological polar surface area (TPSA) is 119 Å². The van der Waals surface area contributed by atoms with Crippen LogP contribution in [0.1, 0.15) is 16.7 Å². The maximum atomic E-state index is 11.9. The number of nitrogens with zero attached hydrogens (tertiary/aromatic N) is 1. The zero-order valence-corrected chi connectivity index (χ0v) is 15.8. The summed E-state index contributed by atoms with van der Waals surface area (Å²) in [6, 6.07) is 11.4. The van der Waals surface area contributed by atoms with Crippen molar-refractivity contribution in [3.05, 3.63) is 65.5 Å². The van der Waals surface area contributed by atoms with E-state index in [4.69, 9.17) is 0 Å². The molecule has 0 aliphatic heterocycles. The summed E-state index contributed by atoms with van der Waals surface area (Å²) in [4.78, 5) is 28.4. The SMILES string of the molecule is Cc1cccc(Cc2ccc[n+](CC(O)(P(C)(=O)O)P(=O)(O)O)c2)c1. The molecule has 7 nitrogen and oxygen atoms in total. The summed E-state index contributed by atoms with van der Waals surface area (Å²) < 4.78 is 24.8. The molecule has 136 valence electrons. The average Bonchev–Trinajstić information content (AvgIpc) is 2.45. The lowest BCUT2D eigenvalue weighted by Gasteiger charge is -2.27. The first-order valence-electron chi connectivity index (χ1n) is 7.54. The molecule has 0 aliphatic carbocycles. The maximum absolute atomic E-state index is 11.9. The zero-order valence-electron chi connectivity index (χ0n) is 14.0. The van der Waals surface area contributed by atoms with E-state index in [1.807, 2.05) is 37.3 Å². The number of hydrogen-bond donors (Lipinski definition) is 4. The van der Waals surface area contributed by atoms with E-state index in [0.29, 0.717) is 6.42 Å². The van der Waals surface area contributed by atoms with Gasteiger partial charge in [-0.1, -0.05) is 29.8 Å². The van der Waals surface area contributed by atoms with E-state index in [9.17, 15) is 28.9 Å². The van der Waals surface area contributed by atoms with Crippen molar-refractivity contribution in [2.45, 2.75) is 25.0 Å². The third-order valence-corrected chi connectivity index (χ3v) is 8.38. The van der Waals surface area contributed by atoms with Gasteiger partial charge < -0.3 is 19.8 Å². The van der Waals surface area contributed by atoms with Crippen molar-refractivity contribution >= 4 is 15.0 Å². The first-order valence-corrected chi connectivity index (χ1v) is 11.3. The Kier molecular flexibility index (Phi) is 5.69. The molecule has 0 amide bonds. The molecule has 0 bridgehead atoms. The van der Waals surface area contributed by atoms with Crippen molar-refractivity contribution < 1.29 is 33.5 Å². The molecule has 4 N–H and O–H groups in total. The van der Waals surface area contributed by atoms with E-state index in [0.717, 1.165) is 23.4 Å². The van der Waals surface area contributed by atoms with Crippen LogP contribution in [-0.2, 0) is 22.1 Å². The van der Waals surface area contributed by atoms with Gasteiger partial charge >= 0.3 is 12.7 Å². The quantitative estimate of drug-likeness (QED) is 0.442. The van der Waals surface area contributed by atoms with Gasteiger partial charge in [0.1, 0.15) is 0 Å². The van der Waals surface area contributed by atoms with Gasteiger partial charge in [-0.2, -0.15) is 0 Å². The molecule has 1 heterocycles. The third-order valence-electron chi connectivity index (χ3n) is 3.94. The number of pyridine rings is 1. The lowest BCUT2D eigenvalue weighted by Crippen LogP contribution is -2.47. The first kappa shape index (κ1) is 20.0. The standard InChI is InChI=1S/C16H21NO6P2/c1-13-5-3-6-14(9-13)10-15-7-4-8-17(11-15)12-16(18,24(2,19)20)25(21,22)23/h3-9,11,18H,10,12H2,1-2H3,(H2-,19,20,21,22,23)/p+1. The van der Waals surface area contributed by atoms with E-state index in [-0.39, 0.29) is 0 Å². The van der Waals surface area contributed by atoms with E-state index in [2.05, 4.69) is 0 Å². The molecule has 0 aliphatic rings. The second-order valence-electron chi connectivity index (χ2n) is 6.25. The highest BCUT2D eigenvalue weighted by atomic mass is 31.2. The van der Waals surface area contributed by atoms with E-state index in [1.165, 1.54) is 10.8 Å². The van der Waals surface area contributed by atoms with Gasteiger partial charge in [0.15, 0.2) is 18.9 Å². The Morgan fingerprint density at radius 2 is 1.72 bits per heavy atom. The number of aryl methyl sites for hydroxylation is 1. The van der Waals surface area contributed by atoms with Gasteiger partial charge in [0.2, 0.25) is 7.37 Å². The number of rotatable bonds is 6. The van der Waals surface area contributed by atoms with Crippen LogP contribution in [0.25, 0.3) is 0 Å². The van der Waals surface area contributed by atoms with Crippen LogP contribution in [0.4, 0.5) is 0 Å². The van der Waals surface area contributed by atoms with Gasteiger partial charge in [0, 0.05) is 24.7 Å². The number of aliphatic hydroxyl groups is 1. The molecule has 1 aromatic carbocycles. The normalized spacial score (nSPS) is 16.9. The van der Waals surface area contributed by atoms with Crippen molar-refractivity contribution in [2.75, 3.05) is 6.66 Å². The van der Waals surface area contributed by atoms with Gasteiger partial charge in [-0.25, -0.2) is 4.57 Å². The summed E-state index contributed by atoms with van der Waals surface area (Å²) in [5.74, 6) is 0. The predicted octanol–water partition coefficient (Wildman–Crippen LogP) is 1.60. The summed E-state index contributed by atoms with van der Waals surface area (Å²) in [6.45, 7) is 2.03. The predicted molar refractivity (Wildman–Crippen MR) is 93.4 cm³/mol. The molecule has 0 spiro atoms. The van der Waals surface area contributed by atoms with Crippen LogP contribution in [-0.4, -0.2) is 31.5 Å². The molecular weight excluding hydrogens is 364 g/mol. The minimum atomic E-state index is -5.24. The monoisotopic (exact) mass is 386 g/mol. The van der Waals surface area contributed by atoms with E-state index < -0.39 is 26.6 Å². The van der Waals surface area contributed by atoms with Crippen LogP contribution in [0.3, 0.4) is 0 Å². The molecule has 2 unspecified atom stereocenters. The summed E-state index contributed by atoms with van der Waals surface area (Å²) in [5, 5.41) is 7.22. The fraction of sp³-hybridized carbons (Fsp3) is 0.312. The van der Waals surface area contributed by atoms with Gasteiger partial charge in [-0.15, -0.1) is 0 Å². The van der Waals surface area contributed by atoms with Crippen molar-refractivity contribution in [2.24, 2.45) is 0 Å². The number of hydrogen-bond acceptors (Lipinski definition) is 3. The van der Waals surface area contributed by atoms with Crippen molar-refractivity contribution in [3.63, 3.8) is 0 Å². The minimum Gasteiger partial charge on any atom is -0.365 e. The fourth-order valence-corrected chi connectivity index (χ4v) is 5.25. The van der Waals surface area contributed by atoms with E-state index in [1.54, 1.807) is 12.3 Å². The minimum absolute atomic E-state index is 0.583. The number of benzene rings is 1. The van der Waals surface area contributed by atoms with Crippen LogP contribution in [0.2, 0.25) is 0 Å². The highest BCUT2D eigenvalue weighted by Crippen LogP contribution is 2.67. The molecule has 2 atom stereocenters. The maximum Gasteiger partial charge on any atom is 0.373 e. The Morgan fingerprint density at radius 3 is 2.28 bits per heavy atom. The Hall–Kier alpha value is -1.33. The second kappa shape index (κ2) is 7.12. The molecule has 0 saturated carbocycles.